The monoisotopic (exact) mass is 318 g/mol. The van der Waals surface area contributed by atoms with E-state index in [0.29, 0.717) is 12.1 Å². The molecule has 4 N–H and O–H groups in total. The van der Waals surface area contributed by atoms with E-state index in [1.165, 1.54) is 0 Å². The number of ketones is 1. The molecule has 5 heteroatoms. The fourth-order valence-electron chi connectivity index (χ4n) is 3.15. The third-order valence-electron chi connectivity index (χ3n) is 4.40. The van der Waals surface area contributed by atoms with Crippen LogP contribution in [0.25, 0.3) is 11.3 Å². The highest BCUT2D eigenvalue weighted by molar-refractivity contribution is 6.04. The molecule has 2 heterocycles. The van der Waals surface area contributed by atoms with Gasteiger partial charge in [-0.15, -0.1) is 0 Å². The van der Waals surface area contributed by atoms with Crippen molar-refractivity contribution >= 4 is 17.2 Å². The first-order valence-electron chi connectivity index (χ1n) is 8.01. The molecular formula is C19H18N4O. The molecule has 0 radical (unpaired) electrons. The number of rotatable bonds is 3. The Bertz CT molecular complexity index is 871. The molecule has 1 unspecified atom stereocenters. The predicted octanol–water partition coefficient (Wildman–Crippen LogP) is 3.28. The van der Waals surface area contributed by atoms with Crippen molar-refractivity contribution in [3.05, 3.63) is 66.1 Å². The SMILES string of the molecule is NC1CCc2c([nH]c(-c3ccncc3)c2Nc2ccccc2)C1=O. The molecule has 0 amide bonds. The summed E-state index contributed by atoms with van der Waals surface area (Å²) in [5, 5.41) is 3.47. The number of hydrogen-bond donors (Lipinski definition) is 3. The Morgan fingerprint density at radius 1 is 1.08 bits per heavy atom. The van der Waals surface area contributed by atoms with E-state index in [4.69, 9.17) is 5.73 Å². The summed E-state index contributed by atoms with van der Waals surface area (Å²) in [5.74, 6) is -0.0207. The highest BCUT2D eigenvalue weighted by atomic mass is 16.1. The number of anilines is 2. The second-order valence-electron chi connectivity index (χ2n) is 5.96. The summed E-state index contributed by atoms with van der Waals surface area (Å²) in [6.45, 7) is 0. The van der Waals surface area contributed by atoms with Gasteiger partial charge in [0.1, 0.15) is 0 Å². The average molecular weight is 318 g/mol. The summed E-state index contributed by atoms with van der Waals surface area (Å²) in [6, 6.07) is 13.4. The third-order valence-corrected chi connectivity index (χ3v) is 4.40. The van der Waals surface area contributed by atoms with E-state index in [1.807, 2.05) is 42.5 Å². The van der Waals surface area contributed by atoms with Gasteiger partial charge in [0, 0.05) is 29.2 Å². The molecule has 0 spiro atoms. The second kappa shape index (κ2) is 5.94. The van der Waals surface area contributed by atoms with E-state index in [-0.39, 0.29) is 5.78 Å². The van der Waals surface area contributed by atoms with Crippen LogP contribution in [0, 0.1) is 0 Å². The van der Waals surface area contributed by atoms with E-state index < -0.39 is 6.04 Å². The summed E-state index contributed by atoms with van der Waals surface area (Å²) >= 11 is 0. The molecule has 1 aromatic carbocycles. The van der Waals surface area contributed by atoms with Gasteiger partial charge < -0.3 is 16.0 Å². The molecule has 0 bridgehead atoms. The molecule has 1 aliphatic carbocycles. The van der Waals surface area contributed by atoms with Crippen LogP contribution in [0.3, 0.4) is 0 Å². The molecule has 1 atom stereocenters. The third kappa shape index (κ3) is 2.49. The highest BCUT2D eigenvalue weighted by Crippen LogP contribution is 2.38. The lowest BCUT2D eigenvalue weighted by Crippen LogP contribution is -2.35. The van der Waals surface area contributed by atoms with Crippen LogP contribution in [0.15, 0.2) is 54.9 Å². The van der Waals surface area contributed by atoms with Crippen molar-refractivity contribution in [1.29, 1.82) is 0 Å². The Balaban J connectivity index is 1.86. The van der Waals surface area contributed by atoms with E-state index >= 15 is 0 Å². The molecule has 4 rings (SSSR count). The lowest BCUT2D eigenvalue weighted by Gasteiger charge is -2.18. The van der Waals surface area contributed by atoms with Gasteiger partial charge >= 0.3 is 0 Å². The maximum Gasteiger partial charge on any atom is 0.196 e. The van der Waals surface area contributed by atoms with Crippen LogP contribution in [-0.4, -0.2) is 21.8 Å². The van der Waals surface area contributed by atoms with Gasteiger partial charge in [-0.1, -0.05) is 18.2 Å². The minimum Gasteiger partial charge on any atom is -0.354 e. The van der Waals surface area contributed by atoms with Gasteiger partial charge in [0.2, 0.25) is 0 Å². The van der Waals surface area contributed by atoms with E-state index in [1.54, 1.807) is 12.4 Å². The number of aromatic amines is 1. The van der Waals surface area contributed by atoms with E-state index in [0.717, 1.165) is 34.6 Å². The zero-order valence-corrected chi connectivity index (χ0v) is 13.1. The maximum absolute atomic E-state index is 12.5. The number of nitrogens with two attached hydrogens (primary N) is 1. The number of benzene rings is 1. The summed E-state index contributed by atoms with van der Waals surface area (Å²) in [4.78, 5) is 19.8. The van der Waals surface area contributed by atoms with Gasteiger partial charge in [-0.05, 0) is 37.1 Å². The number of nitrogens with one attached hydrogen (secondary N) is 2. The van der Waals surface area contributed by atoms with Gasteiger partial charge in [0.15, 0.2) is 5.78 Å². The fourth-order valence-corrected chi connectivity index (χ4v) is 3.15. The van der Waals surface area contributed by atoms with Crippen molar-refractivity contribution in [1.82, 2.24) is 9.97 Å². The lowest BCUT2D eigenvalue weighted by molar-refractivity contribution is 0.0944. The molecule has 3 aromatic rings. The standard InChI is InChI=1S/C19H18N4O/c20-15-7-6-14-17(22-13-4-2-1-3-5-13)16(23-18(14)19(15)24)12-8-10-21-11-9-12/h1-5,8-11,15,22-23H,6-7,20H2. The zero-order chi connectivity index (χ0) is 16.5. The van der Waals surface area contributed by atoms with Crippen molar-refractivity contribution in [2.45, 2.75) is 18.9 Å². The molecule has 0 aliphatic heterocycles. The van der Waals surface area contributed by atoms with Gasteiger partial charge in [-0.2, -0.15) is 0 Å². The Kier molecular flexibility index (Phi) is 3.63. The maximum atomic E-state index is 12.5. The first-order chi connectivity index (χ1) is 11.7. The van der Waals surface area contributed by atoms with Gasteiger partial charge in [-0.25, -0.2) is 0 Å². The van der Waals surface area contributed by atoms with Crippen LogP contribution in [0.4, 0.5) is 11.4 Å². The first kappa shape index (κ1) is 14.7. The predicted molar refractivity (Wildman–Crippen MR) is 94.4 cm³/mol. The minimum absolute atomic E-state index is 0.0207. The van der Waals surface area contributed by atoms with Gasteiger partial charge in [-0.3, -0.25) is 9.78 Å². The summed E-state index contributed by atoms with van der Waals surface area (Å²) in [7, 11) is 0. The number of aromatic nitrogens is 2. The molecule has 24 heavy (non-hydrogen) atoms. The lowest BCUT2D eigenvalue weighted by atomic mass is 9.91. The Morgan fingerprint density at radius 2 is 1.83 bits per heavy atom. The minimum atomic E-state index is -0.425. The molecule has 1 aliphatic rings. The fraction of sp³-hybridized carbons (Fsp3) is 0.158. The molecular weight excluding hydrogens is 300 g/mol. The molecule has 120 valence electrons. The van der Waals surface area contributed by atoms with Crippen LogP contribution < -0.4 is 11.1 Å². The number of fused-ring (bicyclic) bond motifs is 1. The number of H-pyrrole nitrogens is 1. The van der Waals surface area contributed by atoms with Crippen LogP contribution in [-0.2, 0) is 6.42 Å². The normalized spacial score (nSPS) is 16.7. The van der Waals surface area contributed by atoms with Crippen molar-refractivity contribution in [2.24, 2.45) is 5.73 Å². The molecule has 5 nitrogen and oxygen atoms in total. The number of para-hydroxylation sites is 1. The largest absolute Gasteiger partial charge is 0.354 e. The average Bonchev–Trinajstić information content (AvgIpc) is 2.99. The Labute approximate surface area is 139 Å². The molecule has 0 fully saturated rings. The van der Waals surface area contributed by atoms with Gasteiger partial charge in [0.05, 0.1) is 23.1 Å². The number of Topliss-reactive ketones (excluding diaryl/α,β-unsaturated/α-hetero) is 1. The molecule has 0 saturated carbocycles. The summed E-state index contributed by atoms with van der Waals surface area (Å²) < 4.78 is 0. The van der Waals surface area contributed by atoms with Crippen LogP contribution >= 0.6 is 0 Å². The quantitative estimate of drug-likeness (QED) is 0.692. The van der Waals surface area contributed by atoms with Crippen LogP contribution in [0.2, 0.25) is 0 Å². The molecule has 0 saturated heterocycles. The highest BCUT2D eigenvalue weighted by Gasteiger charge is 2.30. The smallest absolute Gasteiger partial charge is 0.196 e. The number of pyridine rings is 1. The Hall–Kier alpha value is -2.92. The topological polar surface area (TPSA) is 83.8 Å². The van der Waals surface area contributed by atoms with E-state index in [2.05, 4.69) is 15.3 Å². The van der Waals surface area contributed by atoms with Gasteiger partial charge in [0.25, 0.3) is 0 Å². The summed E-state index contributed by atoms with van der Waals surface area (Å²) in [5.41, 5.74) is 11.4. The first-order valence-corrected chi connectivity index (χ1v) is 8.01. The number of nitrogens with zero attached hydrogens (tertiary/aromatic N) is 1. The number of carbonyl (C=O) groups is 1. The second-order valence-corrected chi connectivity index (χ2v) is 5.96. The number of hydrogen-bond acceptors (Lipinski definition) is 4. The van der Waals surface area contributed by atoms with Crippen molar-refractivity contribution in [3.63, 3.8) is 0 Å². The van der Waals surface area contributed by atoms with Crippen LogP contribution in [0.1, 0.15) is 22.5 Å². The number of carbonyl (C=O) groups excluding carboxylic acids is 1. The van der Waals surface area contributed by atoms with E-state index in [9.17, 15) is 4.79 Å². The van der Waals surface area contributed by atoms with Crippen molar-refractivity contribution in [3.8, 4) is 11.3 Å². The van der Waals surface area contributed by atoms with Crippen molar-refractivity contribution in [2.75, 3.05) is 5.32 Å². The summed E-state index contributed by atoms with van der Waals surface area (Å²) in [6.07, 6.45) is 4.94. The molecule has 2 aromatic heterocycles. The Morgan fingerprint density at radius 3 is 2.58 bits per heavy atom. The zero-order valence-electron chi connectivity index (χ0n) is 13.1. The van der Waals surface area contributed by atoms with Crippen molar-refractivity contribution < 1.29 is 4.79 Å². The van der Waals surface area contributed by atoms with Crippen LogP contribution in [0.5, 0.6) is 0 Å².